The number of aromatic nitrogens is 6. The molecule has 8 rings (SSSR count). The number of benzene rings is 2. The monoisotopic (exact) mass is 978 g/mol. The number of piperazine rings is 2. The van der Waals surface area contributed by atoms with Crippen molar-refractivity contribution in [3.8, 4) is 22.9 Å². The number of carbonyl (C=O) groups is 1. The molecule has 2 saturated heterocycles. The van der Waals surface area contributed by atoms with Crippen molar-refractivity contribution >= 4 is 37.7 Å². The molecule has 1 amide bonds. The van der Waals surface area contributed by atoms with Crippen molar-refractivity contribution < 1.29 is 56.8 Å². The zero-order chi connectivity index (χ0) is 47.9. The Bertz CT molecular complexity index is 2850. The number of amides is 1. The van der Waals surface area contributed by atoms with Crippen LogP contribution in [0, 0.1) is 11.6 Å². The Hall–Kier alpha value is -6.55. The van der Waals surface area contributed by atoms with Gasteiger partial charge in [-0.1, -0.05) is 12.1 Å². The molecule has 0 radical (unpaired) electrons. The van der Waals surface area contributed by atoms with Gasteiger partial charge in [0.1, 0.15) is 11.6 Å². The highest BCUT2D eigenvalue weighted by molar-refractivity contribution is 7.90. The normalized spacial score (nSPS) is 15.1. The summed E-state index contributed by atoms with van der Waals surface area (Å²) in [4.78, 5) is 21.1. The fraction of sp³-hybridized carbons (Fsp3) is 0.325. The maximum atomic E-state index is 15.0. The largest absolute Gasteiger partial charge is 0.415 e. The number of hydrogen-bond acceptors (Lipinski definition) is 14. The predicted molar refractivity (Wildman–Crippen MR) is 226 cm³/mol. The Morgan fingerprint density at radius 2 is 1.09 bits per heavy atom. The lowest BCUT2D eigenvalue weighted by Crippen LogP contribution is -2.54. The molecule has 6 aromatic rings. The lowest BCUT2D eigenvalue weighted by atomic mass is 10.1. The van der Waals surface area contributed by atoms with Crippen LogP contribution >= 0.6 is 0 Å². The van der Waals surface area contributed by atoms with Gasteiger partial charge in [-0.15, -0.1) is 20.4 Å². The van der Waals surface area contributed by atoms with E-state index < -0.39 is 56.7 Å². The average molecular weight is 979 g/mol. The number of rotatable bonds is 14. The summed E-state index contributed by atoms with van der Waals surface area (Å²) in [5.41, 5.74) is 0.781. The van der Waals surface area contributed by atoms with Crippen molar-refractivity contribution in [2.75, 3.05) is 61.0 Å². The van der Waals surface area contributed by atoms with Crippen LogP contribution in [0.25, 0.3) is 22.9 Å². The van der Waals surface area contributed by atoms with Crippen LogP contribution in [-0.4, -0.2) is 119 Å². The maximum Gasteiger partial charge on any atom is 0.314 e. The summed E-state index contributed by atoms with van der Waals surface area (Å²) < 4.78 is 149. The second kappa shape index (κ2) is 21.0. The molecule has 356 valence electrons. The van der Waals surface area contributed by atoms with Crippen molar-refractivity contribution in [2.24, 2.45) is 0 Å². The number of carbonyl (C=O) groups excluding carboxylic acids is 1. The van der Waals surface area contributed by atoms with Crippen LogP contribution in [-0.2, 0) is 38.3 Å². The van der Waals surface area contributed by atoms with Crippen LogP contribution in [0.2, 0.25) is 0 Å². The van der Waals surface area contributed by atoms with Crippen LogP contribution in [0.15, 0.2) is 94.3 Å². The lowest BCUT2D eigenvalue weighted by Gasteiger charge is -2.37. The molecule has 0 saturated carbocycles. The van der Waals surface area contributed by atoms with E-state index in [4.69, 9.17) is 8.83 Å². The number of pyridine rings is 2. The summed E-state index contributed by atoms with van der Waals surface area (Å²) in [5, 5.41) is 16.5. The quantitative estimate of drug-likeness (QED) is 0.142. The second-order valence-electron chi connectivity index (χ2n) is 14.6. The first kappa shape index (κ1) is 48.4. The standard InChI is InChI=1S/C21H21F3N6O4S.C19H19F3N6O3S/c1-14(31)28-7-9-29(10-8-28)35(32,33)30(17-3-2-6-25-12-17)13-16-5-4-15(11-18(16)22)20-26-27-21(34-20)19(23)24;20-16-10-13(18-25-26-19(31-18)17(21)22)3-4-14(16)12-28(15-2-1-5-24-11-15)32(29,30)27-8-6-23-7-9-27/h2-6,11-12,19H,7-10,13H2,1H3;1-5,10-11,17,23H,6-9,12H2. The molecule has 0 atom stereocenters. The molecule has 4 aromatic heterocycles. The summed E-state index contributed by atoms with van der Waals surface area (Å²) in [5.74, 6) is -3.98. The van der Waals surface area contributed by atoms with E-state index in [0.717, 1.165) is 20.7 Å². The van der Waals surface area contributed by atoms with Crippen molar-refractivity contribution in [1.29, 1.82) is 0 Å². The van der Waals surface area contributed by atoms with Crippen molar-refractivity contribution in [3.05, 3.63) is 120 Å². The highest BCUT2D eigenvalue weighted by Gasteiger charge is 2.35. The fourth-order valence-corrected chi connectivity index (χ4v) is 9.99. The summed E-state index contributed by atoms with van der Waals surface area (Å²) in [7, 11) is -8.08. The second-order valence-corrected chi connectivity index (χ2v) is 18.3. The number of nitrogens with zero attached hydrogens (tertiary/aromatic N) is 11. The molecule has 67 heavy (non-hydrogen) atoms. The molecule has 6 heterocycles. The maximum absolute atomic E-state index is 15.0. The average Bonchev–Trinajstić information content (AvgIpc) is 4.04. The van der Waals surface area contributed by atoms with E-state index in [0.29, 0.717) is 13.1 Å². The zero-order valence-corrected chi connectivity index (χ0v) is 36.8. The van der Waals surface area contributed by atoms with Gasteiger partial charge in [0, 0.05) is 93.9 Å². The zero-order valence-electron chi connectivity index (χ0n) is 35.2. The molecule has 0 spiro atoms. The van der Waals surface area contributed by atoms with Gasteiger partial charge in [-0.3, -0.25) is 23.4 Å². The third-order valence-electron chi connectivity index (χ3n) is 10.3. The minimum atomic E-state index is -4.11. The van der Waals surface area contributed by atoms with E-state index >= 15 is 4.39 Å². The number of hydrogen-bond donors (Lipinski definition) is 1. The first-order valence-corrected chi connectivity index (χ1v) is 22.9. The van der Waals surface area contributed by atoms with Crippen LogP contribution < -0.4 is 13.9 Å². The smallest absolute Gasteiger partial charge is 0.314 e. The van der Waals surface area contributed by atoms with E-state index in [1.54, 1.807) is 23.1 Å². The van der Waals surface area contributed by atoms with E-state index in [9.17, 15) is 43.6 Å². The summed E-state index contributed by atoms with van der Waals surface area (Å²) in [6.07, 6.45) is -0.185. The molecule has 2 aliphatic heterocycles. The summed E-state index contributed by atoms with van der Waals surface area (Å²) in [6, 6.07) is 13.8. The van der Waals surface area contributed by atoms with E-state index in [-0.39, 0.29) is 104 Å². The van der Waals surface area contributed by atoms with Gasteiger partial charge in [0.2, 0.25) is 17.7 Å². The Kier molecular flexibility index (Phi) is 15.1. The molecule has 0 unspecified atom stereocenters. The lowest BCUT2D eigenvalue weighted by molar-refractivity contribution is -0.129. The van der Waals surface area contributed by atoms with Gasteiger partial charge in [-0.25, -0.2) is 8.78 Å². The van der Waals surface area contributed by atoms with E-state index in [1.165, 1.54) is 70.7 Å². The Balaban J connectivity index is 0.000000200. The Morgan fingerprint density at radius 3 is 1.45 bits per heavy atom. The number of anilines is 2. The van der Waals surface area contributed by atoms with Gasteiger partial charge in [0.15, 0.2) is 0 Å². The molecular formula is C40H40F6N12O7S2. The third-order valence-corrected chi connectivity index (χ3v) is 14.1. The predicted octanol–water partition coefficient (Wildman–Crippen LogP) is 4.99. The molecule has 0 aliphatic carbocycles. The van der Waals surface area contributed by atoms with Crippen LogP contribution in [0.3, 0.4) is 0 Å². The fourth-order valence-electron chi connectivity index (χ4n) is 6.81. The molecule has 1 N–H and O–H groups in total. The van der Waals surface area contributed by atoms with Crippen molar-refractivity contribution in [1.82, 2.24) is 49.2 Å². The van der Waals surface area contributed by atoms with Gasteiger partial charge in [0.05, 0.1) is 36.9 Å². The number of nitrogens with one attached hydrogen (secondary N) is 1. The van der Waals surface area contributed by atoms with Crippen LogP contribution in [0.5, 0.6) is 0 Å². The van der Waals surface area contributed by atoms with E-state index in [1.807, 2.05) is 0 Å². The van der Waals surface area contributed by atoms with Gasteiger partial charge >= 0.3 is 33.3 Å². The molecule has 0 bridgehead atoms. The minimum absolute atomic E-state index is 0.0251. The number of alkyl halides is 4. The molecule has 27 heteroatoms. The SMILES string of the molecule is CC(=O)N1CCN(S(=O)(=O)N(Cc2ccc(-c3nnc(C(F)F)o3)cc2F)c2cccnc2)CC1.O=S(=O)(N1CCNCC1)N(Cc1ccc(-c2nnc(C(F)F)o2)cc1F)c1cccnc1. The Morgan fingerprint density at radius 1 is 0.657 bits per heavy atom. The van der Waals surface area contributed by atoms with Crippen molar-refractivity contribution in [3.63, 3.8) is 0 Å². The molecular weight excluding hydrogens is 939 g/mol. The van der Waals surface area contributed by atoms with Crippen molar-refractivity contribution in [2.45, 2.75) is 32.9 Å². The minimum Gasteiger partial charge on any atom is -0.415 e. The topological polar surface area (TPSA) is 217 Å². The molecule has 2 fully saturated rings. The van der Waals surface area contributed by atoms with E-state index in [2.05, 4.69) is 35.7 Å². The first-order chi connectivity index (χ1) is 32.0. The number of halogens is 6. The Labute approximate surface area is 379 Å². The molecule has 2 aliphatic rings. The highest BCUT2D eigenvalue weighted by atomic mass is 32.2. The van der Waals surface area contributed by atoms with Gasteiger partial charge in [-0.2, -0.15) is 43.0 Å². The van der Waals surface area contributed by atoms with Gasteiger partial charge < -0.3 is 19.1 Å². The van der Waals surface area contributed by atoms with Gasteiger partial charge in [0.25, 0.3) is 11.8 Å². The van der Waals surface area contributed by atoms with Crippen LogP contribution in [0.1, 0.15) is 42.7 Å². The summed E-state index contributed by atoms with van der Waals surface area (Å²) >= 11 is 0. The highest BCUT2D eigenvalue weighted by Crippen LogP contribution is 2.30. The molecule has 2 aromatic carbocycles. The summed E-state index contributed by atoms with van der Waals surface area (Å²) in [6.45, 7) is 2.99. The first-order valence-electron chi connectivity index (χ1n) is 20.2. The van der Waals surface area contributed by atoms with Gasteiger partial charge in [-0.05, 0) is 48.5 Å². The molecule has 19 nitrogen and oxygen atoms in total. The van der Waals surface area contributed by atoms with Crippen LogP contribution in [0.4, 0.5) is 37.7 Å². The third kappa shape index (κ3) is 11.4.